The molecule has 0 saturated heterocycles. The van der Waals surface area contributed by atoms with Crippen LogP contribution in [0.1, 0.15) is 0 Å². The molecule has 1 nitrogen and oxygen atoms in total. The van der Waals surface area contributed by atoms with Crippen LogP contribution in [-0.4, -0.2) is 0 Å². The van der Waals surface area contributed by atoms with Crippen molar-refractivity contribution in [1.29, 1.82) is 0 Å². The van der Waals surface area contributed by atoms with Crippen LogP contribution in [0.2, 0.25) is 0 Å². The summed E-state index contributed by atoms with van der Waals surface area (Å²) in [7, 11) is 0. The topological polar surface area (TPSA) is 13.1 Å². The summed E-state index contributed by atoms with van der Waals surface area (Å²) in [6.07, 6.45) is 0. The van der Waals surface area contributed by atoms with Crippen molar-refractivity contribution in [2.24, 2.45) is 0 Å². The summed E-state index contributed by atoms with van der Waals surface area (Å²) in [6.45, 7) is 0. The molecule has 0 atom stereocenters. The second kappa shape index (κ2) is 11.3. The van der Waals surface area contributed by atoms with Crippen LogP contribution in [0.3, 0.4) is 0 Å². The number of furan rings is 1. The molecular formula is C48H28OS2. The predicted molar refractivity (Wildman–Crippen MR) is 221 cm³/mol. The number of thiophene rings is 2. The van der Waals surface area contributed by atoms with E-state index >= 15 is 0 Å². The van der Waals surface area contributed by atoms with E-state index in [0.717, 1.165) is 27.5 Å². The Bertz CT molecular complexity index is 3020. The molecule has 0 spiro atoms. The lowest BCUT2D eigenvalue weighted by Crippen LogP contribution is -1.88. The van der Waals surface area contributed by atoms with Crippen molar-refractivity contribution in [3.8, 4) is 44.5 Å². The first kappa shape index (κ1) is 28.8. The van der Waals surface area contributed by atoms with Gasteiger partial charge in [0.15, 0.2) is 0 Å². The van der Waals surface area contributed by atoms with Crippen molar-refractivity contribution >= 4 is 85.0 Å². The van der Waals surface area contributed by atoms with Gasteiger partial charge in [0, 0.05) is 51.1 Å². The van der Waals surface area contributed by atoms with Gasteiger partial charge in [-0.1, -0.05) is 103 Å². The third kappa shape index (κ3) is 4.59. The Hall–Kier alpha value is -6.00. The first-order valence-corrected chi connectivity index (χ1v) is 18.9. The lowest BCUT2D eigenvalue weighted by molar-refractivity contribution is 0.669. The highest BCUT2D eigenvalue weighted by Crippen LogP contribution is 2.45. The van der Waals surface area contributed by atoms with E-state index in [1.807, 2.05) is 34.8 Å². The van der Waals surface area contributed by atoms with Crippen LogP contribution in [0.4, 0.5) is 0 Å². The molecule has 3 heteroatoms. The Labute approximate surface area is 302 Å². The van der Waals surface area contributed by atoms with Gasteiger partial charge in [-0.05, 0) is 111 Å². The summed E-state index contributed by atoms with van der Waals surface area (Å²) in [4.78, 5) is 0. The zero-order valence-corrected chi connectivity index (χ0v) is 29.0. The van der Waals surface area contributed by atoms with E-state index in [9.17, 15) is 0 Å². The van der Waals surface area contributed by atoms with Gasteiger partial charge in [-0.25, -0.2) is 0 Å². The van der Waals surface area contributed by atoms with Crippen molar-refractivity contribution in [2.75, 3.05) is 0 Å². The van der Waals surface area contributed by atoms with Crippen LogP contribution in [0, 0.1) is 0 Å². The number of hydrogen-bond acceptors (Lipinski definition) is 3. The second-order valence-corrected chi connectivity index (χ2v) is 15.4. The van der Waals surface area contributed by atoms with Crippen LogP contribution < -0.4 is 0 Å². The van der Waals surface area contributed by atoms with Crippen molar-refractivity contribution in [2.45, 2.75) is 0 Å². The molecule has 11 aromatic rings. The average molecular weight is 685 g/mol. The van der Waals surface area contributed by atoms with Gasteiger partial charge >= 0.3 is 0 Å². The zero-order valence-electron chi connectivity index (χ0n) is 27.4. The largest absolute Gasteiger partial charge is 0.456 e. The highest BCUT2D eigenvalue weighted by Gasteiger charge is 2.17. The number of rotatable bonds is 4. The van der Waals surface area contributed by atoms with Gasteiger partial charge in [0.25, 0.3) is 0 Å². The van der Waals surface area contributed by atoms with Gasteiger partial charge < -0.3 is 4.42 Å². The molecule has 11 rings (SSSR count). The van der Waals surface area contributed by atoms with Crippen molar-refractivity contribution < 1.29 is 4.42 Å². The molecule has 3 aromatic heterocycles. The Morgan fingerprint density at radius 1 is 0.294 bits per heavy atom. The molecule has 0 amide bonds. The Morgan fingerprint density at radius 3 is 1.43 bits per heavy atom. The first-order valence-electron chi connectivity index (χ1n) is 17.2. The minimum Gasteiger partial charge on any atom is -0.456 e. The van der Waals surface area contributed by atoms with E-state index in [4.69, 9.17) is 4.42 Å². The molecular weight excluding hydrogens is 657 g/mol. The van der Waals surface area contributed by atoms with Gasteiger partial charge in [0.05, 0.1) is 0 Å². The maximum absolute atomic E-state index is 6.28. The SMILES string of the molecule is c1cc(-c2cc(-c3cccc4sc5ccccc5c34)cc(-c3cccc4sc5ccccc5c34)c2)cc(-c2ccc3c(c2)oc2ccccc23)c1. The molecule has 0 aliphatic heterocycles. The molecule has 3 heterocycles. The normalized spacial score (nSPS) is 11.9. The molecule has 51 heavy (non-hydrogen) atoms. The van der Waals surface area contributed by atoms with Crippen LogP contribution in [0.5, 0.6) is 0 Å². The maximum atomic E-state index is 6.28. The van der Waals surface area contributed by atoms with E-state index in [-0.39, 0.29) is 0 Å². The molecule has 8 aromatic carbocycles. The Balaban J connectivity index is 1.14. The predicted octanol–water partition coefficient (Wildman–Crippen LogP) is 15.0. The van der Waals surface area contributed by atoms with Crippen molar-refractivity contribution in [3.05, 3.63) is 170 Å². The van der Waals surface area contributed by atoms with E-state index in [0.29, 0.717) is 0 Å². The first-order chi connectivity index (χ1) is 25.2. The molecule has 0 aliphatic carbocycles. The summed E-state index contributed by atoms with van der Waals surface area (Å²) in [5.74, 6) is 0. The number of hydrogen-bond donors (Lipinski definition) is 0. The molecule has 238 valence electrons. The third-order valence-electron chi connectivity index (χ3n) is 10.3. The quantitative estimate of drug-likeness (QED) is 0.180. The Morgan fingerprint density at radius 2 is 0.765 bits per heavy atom. The van der Waals surface area contributed by atoms with Crippen molar-refractivity contribution in [3.63, 3.8) is 0 Å². The molecule has 0 bridgehead atoms. The van der Waals surface area contributed by atoms with Gasteiger partial charge in [0.2, 0.25) is 0 Å². The lowest BCUT2D eigenvalue weighted by atomic mass is 9.89. The Kier molecular flexibility index (Phi) is 6.36. The fourth-order valence-electron chi connectivity index (χ4n) is 7.92. The van der Waals surface area contributed by atoms with E-state index < -0.39 is 0 Å². The monoisotopic (exact) mass is 684 g/mol. The van der Waals surface area contributed by atoms with E-state index in [1.165, 1.54) is 79.3 Å². The number of para-hydroxylation sites is 1. The van der Waals surface area contributed by atoms with E-state index in [2.05, 4.69) is 158 Å². The number of benzene rings is 8. The molecule has 0 unspecified atom stereocenters. The second-order valence-electron chi connectivity index (χ2n) is 13.2. The standard InChI is InChI=1S/C48H28OS2/c1-4-17-41-37(12-1)38-23-22-31(28-42(38)49-41)29-10-7-11-30(24-29)32-25-33(35-15-8-20-45-47(35)39-13-2-5-18-43(39)50-45)27-34(26-32)36-16-9-21-46-48(36)40-14-3-6-19-44(40)51-46/h1-28H. The van der Waals surface area contributed by atoms with Crippen LogP contribution in [0.25, 0.3) is 107 Å². The van der Waals surface area contributed by atoms with Gasteiger partial charge in [-0.15, -0.1) is 22.7 Å². The van der Waals surface area contributed by atoms with E-state index in [1.54, 1.807) is 0 Å². The molecule has 0 fully saturated rings. The highest BCUT2D eigenvalue weighted by molar-refractivity contribution is 7.26. The highest BCUT2D eigenvalue weighted by atomic mass is 32.1. The fourth-order valence-corrected chi connectivity index (χ4v) is 10.2. The molecule has 0 radical (unpaired) electrons. The zero-order chi connectivity index (χ0) is 33.5. The summed E-state index contributed by atoms with van der Waals surface area (Å²) in [6, 6.07) is 62.1. The maximum Gasteiger partial charge on any atom is 0.136 e. The minimum absolute atomic E-state index is 0.913. The van der Waals surface area contributed by atoms with Crippen molar-refractivity contribution in [1.82, 2.24) is 0 Å². The average Bonchev–Trinajstić information content (AvgIpc) is 3.88. The third-order valence-corrected chi connectivity index (χ3v) is 12.5. The summed E-state index contributed by atoms with van der Waals surface area (Å²) >= 11 is 3.74. The molecule has 0 N–H and O–H groups in total. The minimum atomic E-state index is 0.913. The summed E-state index contributed by atoms with van der Waals surface area (Å²) in [5.41, 5.74) is 11.5. The van der Waals surface area contributed by atoms with Gasteiger partial charge in [-0.2, -0.15) is 0 Å². The smallest absolute Gasteiger partial charge is 0.136 e. The van der Waals surface area contributed by atoms with Gasteiger partial charge in [-0.3, -0.25) is 0 Å². The summed E-state index contributed by atoms with van der Waals surface area (Å²) < 4.78 is 11.5. The number of fused-ring (bicyclic) bond motifs is 9. The molecule has 0 saturated carbocycles. The lowest BCUT2D eigenvalue weighted by Gasteiger charge is -2.14. The van der Waals surface area contributed by atoms with Crippen LogP contribution in [-0.2, 0) is 0 Å². The fraction of sp³-hybridized carbons (Fsp3) is 0. The van der Waals surface area contributed by atoms with Gasteiger partial charge in [0.1, 0.15) is 11.2 Å². The molecule has 0 aliphatic rings. The summed E-state index contributed by atoms with van der Waals surface area (Å²) in [5, 5.41) is 7.58. The van der Waals surface area contributed by atoms with Crippen LogP contribution >= 0.6 is 22.7 Å². The van der Waals surface area contributed by atoms with Crippen LogP contribution in [0.15, 0.2) is 174 Å².